The lowest BCUT2D eigenvalue weighted by Gasteiger charge is -2.44. The maximum atomic E-state index is 12.0. The molecule has 1 saturated heterocycles. The first-order valence-corrected chi connectivity index (χ1v) is 5.87. The van der Waals surface area contributed by atoms with Crippen molar-refractivity contribution in [1.29, 1.82) is 0 Å². The largest absolute Gasteiger partial charge is 0.343 e. The molecule has 0 aromatic heterocycles. The number of carbonyl (C=O) groups excluding carboxylic acids is 1. The van der Waals surface area contributed by atoms with Crippen molar-refractivity contribution in [3.05, 3.63) is 0 Å². The first-order valence-electron chi connectivity index (χ1n) is 5.87. The van der Waals surface area contributed by atoms with Gasteiger partial charge in [-0.25, -0.2) is 0 Å². The minimum atomic E-state index is 0.0382. The van der Waals surface area contributed by atoms with Crippen LogP contribution in [0.15, 0.2) is 0 Å². The quantitative estimate of drug-likeness (QED) is 0.716. The molecular formula is C11H21N3O. The second-order valence-corrected chi connectivity index (χ2v) is 4.84. The van der Waals surface area contributed by atoms with Crippen LogP contribution in [0.25, 0.3) is 0 Å². The third-order valence-corrected chi connectivity index (χ3v) is 3.48. The van der Waals surface area contributed by atoms with Gasteiger partial charge in [-0.1, -0.05) is 0 Å². The van der Waals surface area contributed by atoms with Gasteiger partial charge in [-0.3, -0.25) is 9.69 Å². The van der Waals surface area contributed by atoms with Gasteiger partial charge in [0.1, 0.15) is 0 Å². The predicted molar refractivity (Wildman–Crippen MR) is 59.4 cm³/mol. The molecule has 2 N–H and O–H groups in total. The number of nitrogens with two attached hydrogens (primary N) is 1. The molecule has 0 aromatic carbocycles. The molecule has 1 heterocycles. The van der Waals surface area contributed by atoms with Crippen LogP contribution in [0.5, 0.6) is 0 Å². The number of likely N-dealkylation sites (N-methyl/N-ethyl adjacent to an activating group) is 1. The van der Waals surface area contributed by atoms with Gasteiger partial charge in [-0.05, 0) is 32.7 Å². The smallest absolute Gasteiger partial charge is 0.239 e. The highest BCUT2D eigenvalue weighted by Crippen LogP contribution is 2.33. The highest BCUT2D eigenvalue weighted by atomic mass is 16.2. The molecule has 2 unspecified atom stereocenters. The fraction of sp³-hybridized carbons (Fsp3) is 0.909. The van der Waals surface area contributed by atoms with Gasteiger partial charge < -0.3 is 10.6 Å². The molecule has 2 atom stereocenters. The van der Waals surface area contributed by atoms with E-state index in [4.69, 9.17) is 5.73 Å². The number of hydrogen-bond acceptors (Lipinski definition) is 3. The molecule has 2 rings (SSSR count). The molecule has 0 bridgehead atoms. The molecule has 0 radical (unpaired) electrons. The summed E-state index contributed by atoms with van der Waals surface area (Å²) in [5.41, 5.74) is 5.60. The molecule has 4 nitrogen and oxygen atoms in total. The van der Waals surface area contributed by atoms with Crippen molar-refractivity contribution < 1.29 is 4.79 Å². The number of carbonyl (C=O) groups is 1. The maximum absolute atomic E-state index is 12.0. The van der Waals surface area contributed by atoms with Crippen LogP contribution in [0.4, 0.5) is 0 Å². The molecule has 15 heavy (non-hydrogen) atoms. The van der Waals surface area contributed by atoms with E-state index in [-0.39, 0.29) is 11.9 Å². The standard InChI is InChI=1S/C11H21N3O/c1-8-7-13(2)11(15)10(5-6-12)14(8)9-3-4-9/h8-10H,3-7,12H2,1-2H3. The van der Waals surface area contributed by atoms with Gasteiger partial charge in [0.2, 0.25) is 5.91 Å². The molecule has 1 aliphatic heterocycles. The molecule has 1 amide bonds. The van der Waals surface area contributed by atoms with Crippen molar-refractivity contribution in [2.75, 3.05) is 20.1 Å². The zero-order valence-corrected chi connectivity index (χ0v) is 9.65. The van der Waals surface area contributed by atoms with E-state index in [9.17, 15) is 4.79 Å². The van der Waals surface area contributed by atoms with E-state index in [0.717, 1.165) is 13.0 Å². The van der Waals surface area contributed by atoms with Crippen LogP contribution in [0.1, 0.15) is 26.2 Å². The lowest BCUT2D eigenvalue weighted by atomic mass is 10.0. The topological polar surface area (TPSA) is 49.6 Å². The monoisotopic (exact) mass is 211 g/mol. The van der Waals surface area contributed by atoms with Crippen LogP contribution in [0, 0.1) is 0 Å². The Bertz CT molecular complexity index is 252. The van der Waals surface area contributed by atoms with Crippen molar-refractivity contribution in [3.8, 4) is 0 Å². The highest BCUT2D eigenvalue weighted by molar-refractivity contribution is 5.82. The van der Waals surface area contributed by atoms with E-state index in [0.29, 0.717) is 18.6 Å². The Kier molecular flexibility index (Phi) is 2.98. The average Bonchev–Trinajstić information content (AvgIpc) is 2.98. The Morgan fingerprint density at radius 1 is 1.47 bits per heavy atom. The zero-order valence-electron chi connectivity index (χ0n) is 9.65. The SMILES string of the molecule is CC1CN(C)C(=O)C(CCN)N1C1CC1. The van der Waals surface area contributed by atoms with Crippen LogP contribution < -0.4 is 5.73 Å². The van der Waals surface area contributed by atoms with Gasteiger partial charge in [-0.15, -0.1) is 0 Å². The van der Waals surface area contributed by atoms with Gasteiger partial charge in [0.15, 0.2) is 0 Å². The van der Waals surface area contributed by atoms with Gasteiger partial charge in [0.05, 0.1) is 6.04 Å². The molecule has 0 spiro atoms. The molecule has 0 aromatic rings. The minimum Gasteiger partial charge on any atom is -0.343 e. The maximum Gasteiger partial charge on any atom is 0.239 e. The van der Waals surface area contributed by atoms with Crippen LogP contribution in [-0.2, 0) is 4.79 Å². The van der Waals surface area contributed by atoms with Crippen LogP contribution in [-0.4, -0.2) is 54.0 Å². The second kappa shape index (κ2) is 4.10. The number of amides is 1. The van der Waals surface area contributed by atoms with E-state index in [2.05, 4.69) is 11.8 Å². The molecule has 1 saturated carbocycles. The number of piperazine rings is 1. The number of hydrogen-bond donors (Lipinski definition) is 1. The van der Waals surface area contributed by atoms with Crippen molar-refractivity contribution in [2.45, 2.75) is 44.3 Å². The van der Waals surface area contributed by atoms with Crippen LogP contribution in [0.2, 0.25) is 0 Å². The summed E-state index contributed by atoms with van der Waals surface area (Å²) in [7, 11) is 1.90. The summed E-state index contributed by atoms with van der Waals surface area (Å²) in [5.74, 6) is 0.255. The molecule has 86 valence electrons. The first-order chi connectivity index (χ1) is 7.15. The van der Waals surface area contributed by atoms with Crippen molar-refractivity contribution in [3.63, 3.8) is 0 Å². The normalized spacial score (nSPS) is 33.5. The van der Waals surface area contributed by atoms with Gasteiger partial charge in [0, 0.05) is 25.7 Å². The number of rotatable bonds is 3. The summed E-state index contributed by atoms with van der Waals surface area (Å²) in [6.45, 7) is 3.67. The predicted octanol–water partition coefficient (Wildman–Crippen LogP) is 0.0287. The summed E-state index contributed by atoms with van der Waals surface area (Å²) in [6, 6.07) is 1.17. The lowest BCUT2D eigenvalue weighted by Crippen LogP contribution is -2.60. The van der Waals surface area contributed by atoms with E-state index >= 15 is 0 Å². The molecule has 4 heteroatoms. The third kappa shape index (κ3) is 2.01. The Hall–Kier alpha value is -0.610. The summed E-state index contributed by atoms with van der Waals surface area (Å²) < 4.78 is 0. The average molecular weight is 211 g/mol. The molecule has 2 aliphatic rings. The first kappa shape index (κ1) is 10.9. The van der Waals surface area contributed by atoms with Crippen LogP contribution in [0.3, 0.4) is 0 Å². The summed E-state index contributed by atoms with van der Waals surface area (Å²) in [4.78, 5) is 16.3. The highest BCUT2D eigenvalue weighted by Gasteiger charge is 2.43. The van der Waals surface area contributed by atoms with E-state index in [1.807, 2.05) is 11.9 Å². The molecule has 2 fully saturated rings. The molecule has 1 aliphatic carbocycles. The number of nitrogens with zero attached hydrogens (tertiary/aromatic N) is 2. The van der Waals surface area contributed by atoms with E-state index < -0.39 is 0 Å². The molecular weight excluding hydrogens is 190 g/mol. The summed E-state index contributed by atoms with van der Waals surface area (Å²) in [5, 5.41) is 0. The Balaban J connectivity index is 2.13. The van der Waals surface area contributed by atoms with Crippen molar-refractivity contribution in [1.82, 2.24) is 9.80 Å². The Morgan fingerprint density at radius 3 is 2.67 bits per heavy atom. The van der Waals surface area contributed by atoms with Crippen LogP contribution >= 0.6 is 0 Å². The lowest BCUT2D eigenvalue weighted by molar-refractivity contribution is -0.143. The van der Waals surface area contributed by atoms with Crippen molar-refractivity contribution in [2.24, 2.45) is 5.73 Å². The summed E-state index contributed by atoms with van der Waals surface area (Å²) in [6.07, 6.45) is 3.30. The Morgan fingerprint density at radius 2 is 2.13 bits per heavy atom. The van der Waals surface area contributed by atoms with E-state index in [1.165, 1.54) is 12.8 Å². The Labute approximate surface area is 91.4 Å². The van der Waals surface area contributed by atoms with Gasteiger partial charge in [0.25, 0.3) is 0 Å². The summed E-state index contributed by atoms with van der Waals surface area (Å²) >= 11 is 0. The van der Waals surface area contributed by atoms with E-state index in [1.54, 1.807) is 0 Å². The minimum absolute atomic E-state index is 0.0382. The van der Waals surface area contributed by atoms with Crippen molar-refractivity contribution >= 4 is 5.91 Å². The second-order valence-electron chi connectivity index (χ2n) is 4.84. The zero-order chi connectivity index (χ0) is 11.0. The van der Waals surface area contributed by atoms with Gasteiger partial charge in [-0.2, -0.15) is 0 Å². The van der Waals surface area contributed by atoms with Gasteiger partial charge >= 0.3 is 0 Å². The fourth-order valence-electron chi connectivity index (χ4n) is 2.69. The third-order valence-electron chi connectivity index (χ3n) is 3.48. The fourth-order valence-corrected chi connectivity index (χ4v) is 2.69.